The van der Waals surface area contributed by atoms with Crippen LogP contribution < -0.4 is 5.32 Å². The highest BCUT2D eigenvalue weighted by Gasteiger charge is 2.07. The Morgan fingerprint density at radius 1 is 0.960 bits per heavy atom. The van der Waals surface area contributed by atoms with Gasteiger partial charge in [-0.05, 0) is 24.3 Å². The van der Waals surface area contributed by atoms with Gasteiger partial charge in [0.25, 0.3) is 0 Å². The number of H-pyrrole nitrogens is 2. The molecule has 6 nitrogen and oxygen atoms in total. The van der Waals surface area contributed by atoms with Crippen LogP contribution in [-0.2, 0) is 11.2 Å². The number of carbonyl (C=O) groups excluding carboxylic acids is 1. The third-order valence-corrected chi connectivity index (χ3v) is 4.70. The Hall–Kier alpha value is -2.80. The number of hydrogen-bond acceptors (Lipinski definition) is 4. The molecule has 1 amide bonds. The summed E-state index contributed by atoms with van der Waals surface area (Å²) in [5.74, 6) is 1.20. The van der Waals surface area contributed by atoms with Crippen LogP contribution in [0.25, 0.3) is 22.1 Å². The van der Waals surface area contributed by atoms with E-state index in [1.807, 2.05) is 48.5 Å². The van der Waals surface area contributed by atoms with Crippen LogP contribution in [0.2, 0.25) is 0 Å². The molecule has 2 aromatic heterocycles. The van der Waals surface area contributed by atoms with Gasteiger partial charge in [-0.3, -0.25) is 4.79 Å². The Balaban J connectivity index is 1.26. The van der Waals surface area contributed by atoms with Crippen LogP contribution in [-0.4, -0.2) is 38.1 Å². The summed E-state index contributed by atoms with van der Waals surface area (Å²) in [4.78, 5) is 27.4. The summed E-state index contributed by atoms with van der Waals surface area (Å²) < 4.78 is 0. The minimum atomic E-state index is -0.0124. The largest absolute Gasteiger partial charge is 0.355 e. The molecule has 0 radical (unpaired) electrons. The molecule has 0 saturated heterocycles. The molecule has 7 heteroatoms. The van der Waals surface area contributed by atoms with E-state index in [-0.39, 0.29) is 5.91 Å². The number of fused-ring (bicyclic) bond motifs is 2. The Labute approximate surface area is 148 Å². The molecular weight excluding hydrogens is 334 g/mol. The number of nitrogens with zero attached hydrogens (tertiary/aromatic N) is 2. The molecule has 0 unspecified atom stereocenters. The lowest BCUT2D eigenvalue weighted by Gasteiger charge is -2.02. The van der Waals surface area contributed by atoms with Crippen LogP contribution in [0, 0.1) is 0 Å². The highest BCUT2D eigenvalue weighted by Crippen LogP contribution is 2.18. The summed E-state index contributed by atoms with van der Waals surface area (Å²) in [7, 11) is 0. The number of amides is 1. The Kier molecular flexibility index (Phi) is 4.39. The van der Waals surface area contributed by atoms with Crippen molar-refractivity contribution in [3.63, 3.8) is 0 Å². The lowest BCUT2D eigenvalue weighted by atomic mass is 10.3. The first-order valence-electron chi connectivity index (χ1n) is 8.06. The van der Waals surface area contributed by atoms with Gasteiger partial charge in [0, 0.05) is 13.0 Å². The molecule has 126 valence electrons. The van der Waals surface area contributed by atoms with Gasteiger partial charge in [-0.25, -0.2) is 9.97 Å². The Morgan fingerprint density at radius 3 is 2.36 bits per heavy atom. The van der Waals surface area contributed by atoms with E-state index in [1.54, 1.807) is 0 Å². The van der Waals surface area contributed by atoms with Crippen molar-refractivity contribution in [2.45, 2.75) is 11.6 Å². The second-order valence-corrected chi connectivity index (χ2v) is 6.61. The number of rotatable bonds is 6. The fourth-order valence-electron chi connectivity index (χ4n) is 2.63. The van der Waals surface area contributed by atoms with E-state index < -0.39 is 0 Å². The Morgan fingerprint density at radius 2 is 1.64 bits per heavy atom. The summed E-state index contributed by atoms with van der Waals surface area (Å²) in [6.45, 7) is 0.555. The van der Waals surface area contributed by atoms with Crippen molar-refractivity contribution in [2.75, 3.05) is 12.3 Å². The van der Waals surface area contributed by atoms with Gasteiger partial charge in [0.1, 0.15) is 5.82 Å². The fourth-order valence-corrected chi connectivity index (χ4v) is 3.34. The summed E-state index contributed by atoms with van der Waals surface area (Å²) in [6.07, 6.45) is 0.676. The topological polar surface area (TPSA) is 86.5 Å². The number of nitrogens with one attached hydrogen (secondary N) is 3. The molecule has 0 aliphatic rings. The van der Waals surface area contributed by atoms with Gasteiger partial charge < -0.3 is 15.3 Å². The fraction of sp³-hybridized carbons (Fsp3) is 0.167. The van der Waals surface area contributed by atoms with Crippen LogP contribution in [0.3, 0.4) is 0 Å². The average Bonchev–Trinajstić information content (AvgIpc) is 3.23. The normalized spacial score (nSPS) is 11.2. The molecule has 0 bridgehead atoms. The second-order valence-electron chi connectivity index (χ2n) is 5.65. The lowest BCUT2D eigenvalue weighted by molar-refractivity contribution is -0.118. The first kappa shape index (κ1) is 15.7. The van der Waals surface area contributed by atoms with Crippen molar-refractivity contribution in [1.29, 1.82) is 0 Å². The molecule has 0 aliphatic carbocycles. The van der Waals surface area contributed by atoms with Crippen molar-refractivity contribution in [1.82, 2.24) is 25.3 Å². The zero-order valence-corrected chi connectivity index (χ0v) is 14.3. The zero-order chi connectivity index (χ0) is 17.1. The number of thioether (sulfide) groups is 1. The molecule has 0 aliphatic heterocycles. The van der Waals surface area contributed by atoms with Crippen LogP contribution >= 0.6 is 11.8 Å². The van der Waals surface area contributed by atoms with Crippen molar-refractivity contribution in [3.05, 3.63) is 54.4 Å². The molecule has 4 aromatic rings. The summed E-state index contributed by atoms with van der Waals surface area (Å²) in [5.41, 5.74) is 3.86. The van der Waals surface area contributed by atoms with Crippen LogP contribution in [0.4, 0.5) is 0 Å². The summed E-state index contributed by atoms with van der Waals surface area (Å²) in [6, 6.07) is 15.7. The number of benzene rings is 2. The van der Waals surface area contributed by atoms with E-state index in [9.17, 15) is 4.79 Å². The SMILES string of the molecule is O=C(CSc1nc2ccccc2[nH]1)NCCc1nc2ccccc2[nH]1. The molecule has 2 aromatic carbocycles. The third-order valence-electron chi connectivity index (χ3n) is 3.83. The number of hydrogen-bond donors (Lipinski definition) is 3. The van der Waals surface area contributed by atoms with Crippen LogP contribution in [0.1, 0.15) is 5.82 Å². The molecule has 4 rings (SSSR count). The Bertz CT molecular complexity index is 956. The highest BCUT2D eigenvalue weighted by molar-refractivity contribution is 7.99. The highest BCUT2D eigenvalue weighted by atomic mass is 32.2. The van der Waals surface area contributed by atoms with Gasteiger partial charge in [-0.2, -0.15) is 0 Å². The average molecular weight is 351 g/mol. The molecule has 0 atom stereocenters. The van der Waals surface area contributed by atoms with Crippen LogP contribution in [0.15, 0.2) is 53.7 Å². The maximum Gasteiger partial charge on any atom is 0.230 e. The van der Waals surface area contributed by atoms with E-state index >= 15 is 0 Å². The molecule has 25 heavy (non-hydrogen) atoms. The van der Waals surface area contributed by atoms with E-state index in [0.29, 0.717) is 18.7 Å². The molecular formula is C18H17N5OS. The maximum absolute atomic E-state index is 12.0. The van der Waals surface area contributed by atoms with E-state index in [4.69, 9.17) is 0 Å². The van der Waals surface area contributed by atoms with Gasteiger partial charge in [-0.15, -0.1) is 0 Å². The predicted molar refractivity (Wildman–Crippen MR) is 99.6 cm³/mol. The summed E-state index contributed by atoms with van der Waals surface area (Å²) >= 11 is 1.40. The van der Waals surface area contributed by atoms with Gasteiger partial charge in [0.05, 0.1) is 27.8 Å². The number of para-hydroxylation sites is 4. The van der Waals surface area contributed by atoms with Crippen molar-refractivity contribution in [2.24, 2.45) is 0 Å². The smallest absolute Gasteiger partial charge is 0.230 e. The van der Waals surface area contributed by atoms with Gasteiger partial charge in [0.2, 0.25) is 5.91 Å². The second kappa shape index (κ2) is 6.98. The van der Waals surface area contributed by atoms with Gasteiger partial charge >= 0.3 is 0 Å². The van der Waals surface area contributed by atoms with Gasteiger partial charge in [0.15, 0.2) is 5.16 Å². The molecule has 0 saturated carbocycles. The maximum atomic E-state index is 12.0. The van der Waals surface area contributed by atoms with Crippen molar-refractivity contribution >= 4 is 39.7 Å². The van der Waals surface area contributed by atoms with Crippen LogP contribution in [0.5, 0.6) is 0 Å². The summed E-state index contributed by atoms with van der Waals surface area (Å²) in [5, 5.41) is 3.68. The molecule has 3 N–H and O–H groups in total. The monoisotopic (exact) mass is 351 g/mol. The predicted octanol–water partition coefficient (Wildman–Crippen LogP) is 2.89. The number of aromatic amines is 2. The molecule has 0 spiro atoms. The molecule has 2 heterocycles. The minimum Gasteiger partial charge on any atom is -0.355 e. The standard InChI is InChI=1S/C18H17N5OS/c24-17(11-25-18-22-14-7-3-4-8-15(14)23-18)19-10-9-16-20-12-5-1-2-6-13(12)21-16/h1-8H,9-11H2,(H,19,24)(H,20,21)(H,22,23). The first-order valence-corrected chi connectivity index (χ1v) is 9.04. The van der Waals surface area contributed by atoms with Crippen molar-refractivity contribution in [3.8, 4) is 0 Å². The number of aromatic nitrogens is 4. The van der Waals surface area contributed by atoms with E-state index in [2.05, 4.69) is 25.3 Å². The zero-order valence-electron chi connectivity index (χ0n) is 13.5. The van der Waals surface area contributed by atoms with E-state index in [0.717, 1.165) is 33.0 Å². The number of imidazole rings is 2. The molecule has 0 fully saturated rings. The number of carbonyl (C=O) groups is 1. The minimum absolute atomic E-state index is 0.0124. The van der Waals surface area contributed by atoms with Crippen molar-refractivity contribution < 1.29 is 4.79 Å². The van der Waals surface area contributed by atoms with Gasteiger partial charge in [-0.1, -0.05) is 36.0 Å². The quantitative estimate of drug-likeness (QED) is 0.466. The lowest BCUT2D eigenvalue weighted by Crippen LogP contribution is -2.27. The third kappa shape index (κ3) is 3.66. The first-order chi connectivity index (χ1) is 12.3. The van der Waals surface area contributed by atoms with E-state index in [1.165, 1.54) is 11.8 Å².